The summed E-state index contributed by atoms with van der Waals surface area (Å²) in [6.45, 7) is 3.74. The van der Waals surface area contributed by atoms with E-state index in [0.29, 0.717) is 10.7 Å². The molecule has 0 amide bonds. The summed E-state index contributed by atoms with van der Waals surface area (Å²) in [4.78, 5) is 3.88. The largest absolute Gasteiger partial charge is 0.302 e. The highest BCUT2D eigenvalue weighted by molar-refractivity contribution is 7.86. The quantitative estimate of drug-likeness (QED) is 0.846. The van der Waals surface area contributed by atoms with E-state index in [4.69, 9.17) is 11.6 Å². The van der Waals surface area contributed by atoms with Gasteiger partial charge in [0.2, 0.25) is 0 Å². The van der Waals surface area contributed by atoms with Crippen LogP contribution in [0.5, 0.6) is 0 Å². The number of aromatic nitrogens is 1. The molecule has 5 heteroatoms. The Morgan fingerprint density at radius 2 is 2.31 bits per heavy atom. The molecule has 1 aromatic heterocycles. The van der Waals surface area contributed by atoms with Crippen molar-refractivity contribution in [2.75, 3.05) is 4.72 Å². The van der Waals surface area contributed by atoms with Crippen LogP contribution < -0.4 is 4.72 Å². The summed E-state index contributed by atoms with van der Waals surface area (Å²) in [6.07, 6.45) is 3.15. The predicted molar refractivity (Wildman–Crippen MR) is 56.1 cm³/mol. The fraction of sp³-hybridized carbons (Fsp3) is 0.375. The lowest BCUT2D eigenvalue weighted by Gasteiger charge is -2.08. The van der Waals surface area contributed by atoms with Crippen LogP contribution in [0.25, 0.3) is 0 Å². The molecule has 0 aromatic carbocycles. The molecule has 0 saturated heterocycles. The molecule has 1 rings (SSSR count). The van der Waals surface area contributed by atoms with Crippen molar-refractivity contribution in [1.29, 1.82) is 0 Å². The lowest BCUT2D eigenvalue weighted by atomic mass is 10.4. The van der Waals surface area contributed by atoms with Gasteiger partial charge in [-0.2, -0.15) is 0 Å². The Hall–Kier alpha value is -0.610. The van der Waals surface area contributed by atoms with Gasteiger partial charge in [-0.15, -0.1) is 0 Å². The van der Waals surface area contributed by atoms with Crippen LogP contribution in [0.15, 0.2) is 18.5 Å². The topological polar surface area (TPSA) is 42.0 Å². The van der Waals surface area contributed by atoms with Crippen LogP contribution in [0.3, 0.4) is 0 Å². The molecule has 1 unspecified atom stereocenters. The van der Waals surface area contributed by atoms with E-state index >= 15 is 0 Å². The number of nitrogens with zero attached hydrogens (tertiary/aromatic N) is 1. The summed E-state index contributed by atoms with van der Waals surface area (Å²) in [6, 6.07) is 1.65. The highest BCUT2D eigenvalue weighted by Gasteiger charge is 2.06. The Morgan fingerprint density at radius 1 is 1.62 bits per heavy atom. The van der Waals surface area contributed by atoms with Crippen molar-refractivity contribution in [2.45, 2.75) is 19.1 Å². The van der Waals surface area contributed by atoms with Crippen molar-refractivity contribution < 1.29 is 4.21 Å². The van der Waals surface area contributed by atoms with Crippen LogP contribution >= 0.6 is 11.6 Å². The minimum Gasteiger partial charge on any atom is -0.302 e. The van der Waals surface area contributed by atoms with Gasteiger partial charge in [-0.25, -0.2) is 4.21 Å². The maximum Gasteiger partial charge on any atom is 0.119 e. The second-order valence-electron chi connectivity index (χ2n) is 2.80. The highest BCUT2D eigenvalue weighted by atomic mass is 35.5. The van der Waals surface area contributed by atoms with Gasteiger partial charge in [0, 0.05) is 11.4 Å². The zero-order valence-corrected chi connectivity index (χ0v) is 9.02. The molecule has 1 aromatic rings. The lowest BCUT2D eigenvalue weighted by Crippen LogP contribution is -2.14. The second-order valence-corrected chi connectivity index (χ2v) is 4.95. The highest BCUT2D eigenvalue weighted by Crippen LogP contribution is 2.19. The molecular formula is C8H11ClN2OS. The maximum absolute atomic E-state index is 11.4. The zero-order valence-electron chi connectivity index (χ0n) is 7.45. The molecule has 0 spiro atoms. The lowest BCUT2D eigenvalue weighted by molar-refractivity contribution is 0.680. The fourth-order valence-electron chi connectivity index (χ4n) is 0.679. The smallest absolute Gasteiger partial charge is 0.119 e. The van der Waals surface area contributed by atoms with Gasteiger partial charge < -0.3 is 4.72 Å². The summed E-state index contributed by atoms with van der Waals surface area (Å²) in [5.74, 6) is 0. The molecule has 1 N–H and O–H groups in total. The summed E-state index contributed by atoms with van der Waals surface area (Å²) < 4.78 is 14.2. The van der Waals surface area contributed by atoms with Gasteiger partial charge in [0.15, 0.2) is 0 Å². The second kappa shape index (κ2) is 4.58. The number of hydrogen-bond donors (Lipinski definition) is 1. The van der Waals surface area contributed by atoms with Crippen molar-refractivity contribution in [3.8, 4) is 0 Å². The SMILES string of the molecule is CC(C)S(=O)Nc1cnccc1Cl. The molecule has 0 aliphatic carbocycles. The molecule has 0 fully saturated rings. The predicted octanol–water partition coefficient (Wildman–Crippen LogP) is 2.22. The van der Waals surface area contributed by atoms with E-state index in [1.807, 2.05) is 13.8 Å². The summed E-state index contributed by atoms with van der Waals surface area (Å²) in [7, 11) is -1.11. The average molecular weight is 219 g/mol. The normalized spacial score (nSPS) is 12.9. The Labute approximate surface area is 85.1 Å². The molecule has 1 heterocycles. The first-order valence-electron chi connectivity index (χ1n) is 3.88. The van der Waals surface area contributed by atoms with Gasteiger partial charge in [-0.1, -0.05) is 11.6 Å². The van der Waals surface area contributed by atoms with Gasteiger partial charge >= 0.3 is 0 Å². The Morgan fingerprint density at radius 3 is 2.85 bits per heavy atom. The number of halogens is 1. The first-order valence-corrected chi connectivity index (χ1v) is 5.47. The molecule has 0 radical (unpaired) electrons. The zero-order chi connectivity index (χ0) is 9.84. The van der Waals surface area contributed by atoms with Gasteiger partial charge in [-0.3, -0.25) is 4.98 Å². The van der Waals surface area contributed by atoms with Crippen LogP contribution in [0.4, 0.5) is 5.69 Å². The van der Waals surface area contributed by atoms with E-state index in [1.165, 1.54) is 0 Å². The standard InChI is InChI=1S/C8H11ClN2OS/c1-6(2)13(12)11-8-5-10-4-3-7(8)9/h3-6,11H,1-2H3. The maximum atomic E-state index is 11.4. The Balaban J connectivity index is 2.75. The third-order valence-corrected chi connectivity index (χ3v) is 3.01. The minimum absolute atomic E-state index is 0.0521. The molecule has 1 atom stereocenters. The Bertz CT molecular complexity index is 317. The number of pyridine rings is 1. The van der Waals surface area contributed by atoms with E-state index in [-0.39, 0.29) is 5.25 Å². The molecule has 0 bridgehead atoms. The Kier molecular flexibility index (Phi) is 3.69. The van der Waals surface area contributed by atoms with E-state index in [9.17, 15) is 4.21 Å². The van der Waals surface area contributed by atoms with Gasteiger partial charge in [0.25, 0.3) is 0 Å². The molecule has 3 nitrogen and oxygen atoms in total. The van der Waals surface area contributed by atoms with Crippen LogP contribution in [0.2, 0.25) is 5.02 Å². The molecular weight excluding hydrogens is 208 g/mol. The molecule has 0 aliphatic heterocycles. The number of nitrogens with one attached hydrogen (secondary N) is 1. The summed E-state index contributed by atoms with van der Waals surface area (Å²) in [5.41, 5.74) is 0.608. The molecule has 13 heavy (non-hydrogen) atoms. The first kappa shape index (κ1) is 10.5. The fourth-order valence-corrected chi connectivity index (χ4v) is 1.50. The van der Waals surface area contributed by atoms with E-state index in [0.717, 1.165) is 0 Å². The first-order chi connectivity index (χ1) is 6.11. The van der Waals surface area contributed by atoms with Crippen molar-refractivity contribution in [3.05, 3.63) is 23.5 Å². The molecule has 72 valence electrons. The number of anilines is 1. The van der Waals surface area contributed by atoms with Crippen LogP contribution in [-0.4, -0.2) is 14.4 Å². The van der Waals surface area contributed by atoms with Crippen LogP contribution in [-0.2, 0) is 11.0 Å². The number of hydrogen-bond acceptors (Lipinski definition) is 2. The minimum atomic E-state index is -1.11. The van der Waals surface area contributed by atoms with Crippen molar-refractivity contribution in [1.82, 2.24) is 4.98 Å². The van der Waals surface area contributed by atoms with Gasteiger partial charge in [0.05, 0.1) is 16.9 Å². The van der Waals surface area contributed by atoms with Crippen molar-refractivity contribution >= 4 is 28.3 Å². The van der Waals surface area contributed by atoms with E-state index in [1.54, 1.807) is 18.5 Å². The monoisotopic (exact) mass is 218 g/mol. The van der Waals surface area contributed by atoms with Gasteiger partial charge in [-0.05, 0) is 19.9 Å². The third-order valence-electron chi connectivity index (χ3n) is 1.41. The van der Waals surface area contributed by atoms with E-state index in [2.05, 4.69) is 9.71 Å². The molecule has 0 aliphatic rings. The van der Waals surface area contributed by atoms with Crippen LogP contribution in [0, 0.1) is 0 Å². The average Bonchev–Trinajstić information content (AvgIpc) is 2.08. The van der Waals surface area contributed by atoms with Crippen molar-refractivity contribution in [2.24, 2.45) is 0 Å². The summed E-state index contributed by atoms with van der Waals surface area (Å²) in [5, 5.41) is 0.584. The van der Waals surface area contributed by atoms with Crippen molar-refractivity contribution in [3.63, 3.8) is 0 Å². The van der Waals surface area contributed by atoms with Gasteiger partial charge in [0.1, 0.15) is 11.0 Å². The number of rotatable bonds is 3. The van der Waals surface area contributed by atoms with Crippen LogP contribution in [0.1, 0.15) is 13.8 Å². The summed E-state index contributed by atoms with van der Waals surface area (Å²) >= 11 is 5.84. The third kappa shape index (κ3) is 2.97. The molecule has 0 saturated carbocycles. The van der Waals surface area contributed by atoms with E-state index < -0.39 is 11.0 Å².